The van der Waals surface area contributed by atoms with Gasteiger partial charge in [0.05, 0.1) is 17.6 Å². The first-order valence-corrected chi connectivity index (χ1v) is 11.0. The number of benzene rings is 2. The van der Waals surface area contributed by atoms with E-state index in [1.54, 1.807) is 24.3 Å². The van der Waals surface area contributed by atoms with Gasteiger partial charge in [-0.15, -0.1) is 0 Å². The third-order valence-electron chi connectivity index (χ3n) is 3.84. The molecule has 156 valence electrons. The van der Waals surface area contributed by atoms with E-state index < -0.39 is 10.0 Å². The number of pyridine rings is 1. The van der Waals surface area contributed by atoms with E-state index >= 15 is 0 Å². The highest BCUT2D eigenvalue weighted by Crippen LogP contribution is 2.32. The maximum atomic E-state index is 12.3. The second-order valence-electron chi connectivity index (χ2n) is 6.07. The van der Waals surface area contributed by atoms with Crippen LogP contribution in [0.25, 0.3) is 0 Å². The van der Waals surface area contributed by atoms with Crippen molar-refractivity contribution >= 4 is 56.4 Å². The zero-order chi connectivity index (χ0) is 21.9. The molecule has 0 saturated heterocycles. The number of halogens is 3. The van der Waals surface area contributed by atoms with Crippen molar-refractivity contribution in [2.24, 2.45) is 5.14 Å². The Morgan fingerprint density at radius 3 is 2.47 bits per heavy atom. The van der Waals surface area contributed by atoms with Crippen LogP contribution in [0, 0.1) is 0 Å². The van der Waals surface area contributed by atoms with E-state index in [1.807, 2.05) is 0 Å². The van der Waals surface area contributed by atoms with Gasteiger partial charge in [-0.1, -0.05) is 53.0 Å². The Morgan fingerprint density at radius 1 is 1.07 bits per heavy atom. The molecule has 0 atom stereocenters. The Hall–Kier alpha value is -2.36. The Labute approximate surface area is 187 Å². The molecule has 30 heavy (non-hydrogen) atoms. The molecule has 0 bridgehead atoms. The summed E-state index contributed by atoms with van der Waals surface area (Å²) >= 11 is 17.7. The maximum Gasteiger partial charge on any atom is 0.241 e. The average molecular weight is 487 g/mol. The summed E-state index contributed by atoms with van der Waals surface area (Å²) in [5, 5.41) is 8.59. The third kappa shape index (κ3) is 5.62. The van der Waals surface area contributed by atoms with Crippen LogP contribution >= 0.6 is 34.8 Å². The van der Waals surface area contributed by atoms with Gasteiger partial charge in [0.15, 0.2) is 0 Å². The summed E-state index contributed by atoms with van der Waals surface area (Å²) in [5.41, 5.74) is 0.853. The largest absolute Gasteiger partial charge is 0.454 e. The number of hydrogen-bond donors (Lipinski definition) is 2. The number of nitrogens with two attached hydrogens (primary N) is 1. The van der Waals surface area contributed by atoms with Gasteiger partial charge < -0.3 is 10.1 Å². The number of nitrogens with one attached hydrogen (secondary N) is 1. The summed E-state index contributed by atoms with van der Waals surface area (Å²) in [6, 6.07) is 12.3. The molecular formula is C19H14Cl3N3O4S. The standard InChI is InChI=1S/C19H14Cl3N3O4S/c20-14-4-2-1-3-11(14)7-18(26)25-12-5-6-16(17(8-12)30(23,27)28)29-13-9-15(21)19(22)24-10-13/h1-6,8-10H,7H2,(H,25,26)(H2,23,27,28). The molecule has 0 saturated carbocycles. The summed E-state index contributed by atoms with van der Waals surface area (Å²) in [5.74, 6) is -0.294. The van der Waals surface area contributed by atoms with E-state index in [2.05, 4.69) is 10.3 Å². The van der Waals surface area contributed by atoms with Crippen LogP contribution in [0.2, 0.25) is 15.2 Å². The Kier molecular flexibility index (Phi) is 6.84. The summed E-state index contributed by atoms with van der Waals surface area (Å²) in [7, 11) is -4.17. The fourth-order valence-electron chi connectivity index (χ4n) is 2.50. The first kappa shape index (κ1) is 22.3. The van der Waals surface area contributed by atoms with Crippen LogP contribution in [0.4, 0.5) is 5.69 Å². The van der Waals surface area contributed by atoms with Gasteiger partial charge in [0, 0.05) is 16.8 Å². The lowest BCUT2D eigenvalue weighted by Crippen LogP contribution is -2.17. The molecule has 7 nitrogen and oxygen atoms in total. The van der Waals surface area contributed by atoms with Crippen molar-refractivity contribution in [1.29, 1.82) is 0 Å². The molecule has 1 amide bonds. The van der Waals surface area contributed by atoms with Crippen molar-refractivity contribution in [3.05, 3.63) is 75.5 Å². The van der Waals surface area contributed by atoms with E-state index in [1.165, 1.54) is 30.5 Å². The molecule has 0 aliphatic carbocycles. The molecule has 2 aromatic carbocycles. The summed E-state index contributed by atoms with van der Waals surface area (Å²) in [4.78, 5) is 15.8. The number of sulfonamides is 1. The minimum absolute atomic E-state index is 0.0115. The molecule has 0 aliphatic rings. The van der Waals surface area contributed by atoms with E-state index in [0.717, 1.165) is 0 Å². The minimum atomic E-state index is -4.17. The van der Waals surface area contributed by atoms with Crippen LogP contribution in [0.5, 0.6) is 11.5 Å². The number of carbonyl (C=O) groups is 1. The predicted octanol–water partition coefficient (Wildman–Crippen LogP) is 4.66. The van der Waals surface area contributed by atoms with E-state index in [4.69, 9.17) is 44.7 Å². The van der Waals surface area contributed by atoms with Gasteiger partial charge in [-0.05, 0) is 29.8 Å². The van der Waals surface area contributed by atoms with Crippen LogP contribution in [-0.2, 0) is 21.2 Å². The van der Waals surface area contributed by atoms with Gasteiger partial charge in [-0.2, -0.15) is 0 Å². The molecule has 0 aliphatic heterocycles. The number of primary sulfonamides is 1. The first-order valence-electron chi connectivity index (χ1n) is 8.32. The van der Waals surface area contributed by atoms with Crippen molar-refractivity contribution in [2.45, 2.75) is 11.3 Å². The number of ether oxygens (including phenoxy) is 1. The van der Waals surface area contributed by atoms with Crippen LogP contribution in [-0.4, -0.2) is 19.3 Å². The molecule has 1 heterocycles. The highest BCUT2D eigenvalue weighted by molar-refractivity contribution is 7.89. The van der Waals surface area contributed by atoms with E-state index in [9.17, 15) is 13.2 Å². The van der Waals surface area contributed by atoms with E-state index in [-0.39, 0.29) is 44.6 Å². The highest BCUT2D eigenvalue weighted by Gasteiger charge is 2.18. The predicted molar refractivity (Wildman–Crippen MR) is 116 cm³/mol. The second-order valence-corrected chi connectivity index (χ2v) is 8.77. The van der Waals surface area contributed by atoms with Gasteiger partial charge in [-0.25, -0.2) is 18.5 Å². The van der Waals surface area contributed by atoms with Crippen molar-refractivity contribution in [3.63, 3.8) is 0 Å². The van der Waals surface area contributed by atoms with Crippen molar-refractivity contribution in [1.82, 2.24) is 4.98 Å². The van der Waals surface area contributed by atoms with Gasteiger partial charge in [-0.3, -0.25) is 4.79 Å². The Morgan fingerprint density at radius 2 is 1.80 bits per heavy atom. The monoisotopic (exact) mass is 485 g/mol. The molecule has 3 aromatic rings. The number of anilines is 1. The van der Waals surface area contributed by atoms with Crippen LogP contribution in [0.3, 0.4) is 0 Å². The topological polar surface area (TPSA) is 111 Å². The molecule has 0 spiro atoms. The molecule has 0 unspecified atom stereocenters. The lowest BCUT2D eigenvalue weighted by Gasteiger charge is -2.13. The quantitative estimate of drug-likeness (QED) is 0.492. The fourth-order valence-corrected chi connectivity index (χ4v) is 3.64. The smallest absolute Gasteiger partial charge is 0.241 e. The number of aromatic nitrogens is 1. The lowest BCUT2D eigenvalue weighted by atomic mass is 10.1. The first-order chi connectivity index (χ1) is 14.1. The summed E-state index contributed by atoms with van der Waals surface area (Å²) in [6.07, 6.45) is 1.29. The van der Waals surface area contributed by atoms with Gasteiger partial charge >= 0.3 is 0 Å². The normalized spacial score (nSPS) is 11.2. The molecule has 0 fully saturated rings. The molecule has 11 heteroatoms. The lowest BCUT2D eigenvalue weighted by molar-refractivity contribution is -0.115. The molecular weight excluding hydrogens is 473 g/mol. The fraction of sp³-hybridized carbons (Fsp3) is 0.0526. The SMILES string of the molecule is NS(=O)(=O)c1cc(NC(=O)Cc2ccccc2Cl)ccc1Oc1cnc(Cl)c(Cl)c1. The maximum absolute atomic E-state index is 12.3. The third-order valence-corrected chi connectivity index (χ3v) is 5.83. The molecule has 3 rings (SSSR count). The van der Waals surface area contributed by atoms with Crippen LogP contribution < -0.4 is 15.2 Å². The van der Waals surface area contributed by atoms with Crippen molar-refractivity contribution < 1.29 is 17.9 Å². The Bertz CT molecular complexity index is 1220. The molecule has 3 N–H and O–H groups in total. The Balaban J connectivity index is 1.84. The number of hydrogen-bond acceptors (Lipinski definition) is 5. The molecule has 0 radical (unpaired) electrons. The summed E-state index contributed by atoms with van der Waals surface area (Å²) in [6.45, 7) is 0. The zero-order valence-electron chi connectivity index (χ0n) is 15.1. The average Bonchev–Trinajstić information content (AvgIpc) is 2.67. The van der Waals surface area contributed by atoms with Crippen LogP contribution in [0.15, 0.2) is 59.6 Å². The molecule has 1 aromatic heterocycles. The number of amides is 1. The van der Waals surface area contributed by atoms with Crippen LogP contribution in [0.1, 0.15) is 5.56 Å². The number of rotatable bonds is 6. The highest BCUT2D eigenvalue weighted by atomic mass is 35.5. The van der Waals surface area contributed by atoms with Crippen molar-refractivity contribution in [2.75, 3.05) is 5.32 Å². The van der Waals surface area contributed by atoms with Gasteiger partial charge in [0.2, 0.25) is 15.9 Å². The second kappa shape index (κ2) is 9.20. The summed E-state index contributed by atoms with van der Waals surface area (Å²) < 4.78 is 29.6. The van der Waals surface area contributed by atoms with Gasteiger partial charge in [0.25, 0.3) is 0 Å². The van der Waals surface area contributed by atoms with Crippen molar-refractivity contribution in [3.8, 4) is 11.5 Å². The van der Waals surface area contributed by atoms with E-state index in [0.29, 0.717) is 10.6 Å². The van der Waals surface area contributed by atoms with Gasteiger partial charge in [0.1, 0.15) is 21.5 Å². The minimum Gasteiger partial charge on any atom is -0.454 e. The number of carbonyl (C=O) groups excluding carboxylic acids is 1. The zero-order valence-corrected chi connectivity index (χ0v) is 18.2. The number of nitrogens with zero attached hydrogens (tertiary/aromatic N) is 1.